The Balaban J connectivity index is 1.29. The zero-order valence-corrected chi connectivity index (χ0v) is 34.2. The van der Waals surface area contributed by atoms with Crippen LogP contribution in [-0.2, 0) is 10.8 Å². The van der Waals surface area contributed by atoms with Crippen molar-refractivity contribution in [1.29, 1.82) is 0 Å². The Morgan fingerprint density at radius 3 is 1.14 bits per heavy atom. The van der Waals surface area contributed by atoms with E-state index in [1.165, 1.54) is 49.6 Å². The first kappa shape index (κ1) is 38.0. The topological polar surface area (TPSA) is 77.8 Å². The van der Waals surface area contributed by atoms with Gasteiger partial charge in [-0.25, -0.2) is 9.59 Å². The molecular formula is C52H45B2NO4. The zero-order valence-electron chi connectivity index (χ0n) is 34.2. The molecule has 0 amide bonds. The van der Waals surface area contributed by atoms with Crippen molar-refractivity contribution in [3.05, 3.63) is 174 Å². The molecule has 0 saturated carbocycles. The third-order valence-corrected chi connectivity index (χ3v) is 12.3. The molecule has 7 aromatic rings. The number of fused-ring (bicyclic) bond motifs is 4. The van der Waals surface area contributed by atoms with Gasteiger partial charge in [0.1, 0.15) is 0 Å². The van der Waals surface area contributed by atoms with E-state index in [0.29, 0.717) is 0 Å². The van der Waals surface area contributed by atoms with E-state index >= 15 is 0 Å². The van der Waals surface area contributed by atoms with Gasteiger partial charge >= 0.3 is 11.9 Å². The van der Waals surface area contributed by atoms with Crippen LogP contribution in [0.1, 0.15) is 73.4 Å². The van der Waals surface area contributed by atoms with E-state index in [9.17, 15) is 19.8 Å². The van der Waals surface area contributed by atoms with Gasteiger partial charge in [-0.1, -0.05) is 168 Å². The van der Waals surface area contributed by atoms with E-state index in [1.807, 2.05) is 24.3 Å². The maximum atomic E-state index is 11.7. The van der Waals surface area contributed by atoms with E-state index in [2.05, 4.69) is 150 Å². The summed E-state index contributed by atoms with van der Waals surface area (Å²) >= 11 is 0. The first-order chi connectivity index (χ1) is 28.2. The average molecular weight is 770 g/mol. The smallest absolute Gasteiger partial charge is 0.335 e. The van der Waals surface area contributed by atoms with Gasteiger partial charge in [0.05, 0.1) is 11.1 Å². The van der Waals surface area contributed by atoms with Gasteiger partial charge in [0.2, 0.25) is 13.4 Å². The molecule has 0 fully saturated rings. The summed E-state index contributed by atoms with van der Waals surface area (Å²) in [5.41, 5.74) is 17.7. The summed E-state index contributed by atoms with van der Waals surface area (Å²) in [5.74, 6) is -1.89. The summed E-state index contributed by atoms with van der Waals surface area (Å²) in [6.07, 6.45) is 0. The molecule has 0 radical (unpaired) electrons. The molecule has 0 aromatic heterocycles. The lowest BCUT2D eigenvalue weighted by atomic mass is 9.30. The van der Waals surface area contributed by atoms with Gasteiger partial charge in [-0.15, -0.1) is 0 Å². The van der Waals surface area contributed by atoms with Crippen LogP contribution in [0.2, 0.25) is 0 Å². The zero-order chi connectivity index (χ0) is 41.4. The maximum Gasteiger partial charge on any atom is 0.335 e. The molecule has 0 unspecified atom stereocenters. The molecule has 0 atom stereocenters. The highest BCUT2D eigenvalue weighted by Gasteiger charge is 2.43. The van der Waals surface area contributed by atoms with Gasteiger partial charge in [0.15, 0.2) is 0 Å². The van der Waals surface area contributed by atoms with E-state index in [4.69, 9.17) is 0 Å². The second-order valence-corrected chi connectivity index (χ2v) is 18.0. The van der Waals surface area contributed by atoms with Crippen LogP contribution in [0.5, 0.6) is 0 Å². The molecule has 0 spiro atoms. The Kier molecular flexibility index (Phi) is 9.04. The summed E-state index contributed by atoms with van der Waals surface area (Å²) in [7, 11) is 0. The number of rotatable bonds is 6. The fraction of sp³-hybridized carbons (Fsp3) is 0.154. The molecule has 2 heterocycles. The molecule has 2 N–H and O–H groups in total. The molecule has 9 rings (SSSR count). The van der Waals surface area contributed by atoms with Crippen molar-refractivity contribution in [3.63, 3.8) is 0 Å². The summed E-state index contributed by atoms with van der Waals surface area (Å²) in [5, 5.41) is 19.2. The molecule has 0 bridgehead atoms. The Morgan fingerprint density at radius 2 is 0.797 bits per heavy atom. The molecule has 0 aliphatic carbocycles. The van der Waals surface area contributed by atoms with Crippen molar-refractivity contribution in [2.24, 2.45) is 0 Å². The van der Waals surface area contributed by atoms with Gasteiger partial charge < -0.3 is 15.1 Å². The molecular weight excluding hydrogens is 724 g/mol. The van der Waals surface area contributed by atoms with E-state index in [-0.39, 0.29) is 35.4 Å². The predicted molar refractivity (Wildman–Crippen MR) is 246 cm³/mol. The third kappa shape index (κ3) is 6.65. The van der Waals surface area contributed by atoms with Gasteiger partial charge in [-0.05, 0) is 102 Å². The van der Waals surface area contributed by atoms with Gasteiger partial charge in [-0.2, -0.15) is 0 Å². The summed E-state index contributed by atoms with van der Waals surface area (Å²) in [6, 6.07) is 52.6. The number of carboxylic acid groups (broad SMARTS) is 2. The summed E-state index contributed by atoms with van der Waals surface area (Å²) < 4.78 is 0. The fourth-order valence-corrected chi connectivity index (χ4v) is 9.03. The molecule has 7 aromatic carbocycles. The van der Waals surface area contributed by atoms with Crippen LogP contribution >= 0.6 is 0 Å². The number of benzene rings is 7. The number of hydrogen-bond donors (Lipinski definition) is 2. The Labute approximate surface area is 347 Å². The number of anilines is 3. The largest absolute Gasteiger partial charge is 0.478 e. The molecule has 7 heteroatoms. The third-order valence-electron chi connectivity index (χ3n) is 12.3. The standard InChI is InChI=1S/C52H45B2NO4/c1-51(2,3)38-20-24-40(25-21-38)53-42-8-7-9-43-48(42)55(46-28-18-36(30-44(46)53)32-10-14-34(15-11-32)49(56)57)47-29-19-37(33-12-16-35(17-13-33)50(58)59)31-45(47)54(43)41-26-22-39(23-27-41)52(4,5)6/h7-31H,1-6H3,(H,56,57)(H,58,59). The summed E-state index contributed by atoms with van der Waals surface area (Å²) in [6.45, 7) is 13.3. The van der Waals surface area contributed by atoms with Crippen molar-refractivity contribution in [3.8, 4) is 22.3 Å². The van der Waals surface area contributed by atoms with Crippen molar-refractivity contribution in [2.45, 2.75) is 52.4 Å². The quantitative estimate of drug-likeness (QED) is 0.167. The molecule has 59 heavy (non-hydrogen) atoms. The Hall–Kier alpha value is -6.59. The highest BCUT2D eigenvalue weighted by atomic mass is 16.4. The average Bonchev–Trinajstić information content (AvgIpc) is 3.22. The Bertz CT molecular complexity index is 2590. The predicted octanol–water partition coefficient (Wildman–Crippen LogP) is 8.14. The molecule has 5 nitrogen and oxygen atoms in total. The van der Waals surface area contributed by atoms with Crippen LogP contribution in [0.25, 0.3) is 22.3 Å². The molecule has 2 aliphatic rings. The highest BCUT2D eigenvalue weighted by molar-refractivity contribution is 7.02. The summed E-state index contributed by atoms with van der Waals surface area (Å²) in [4.78, 5) is 25.9. The minimum atomic E-state index is -0.944. The van der Waals surface area contributed by atoms with E-state index in [1.54, 1.807) is 24.3 Å². The number of carbonyl (C=O) groups is 2. The number of para-hydroxylation sites is 1. The SMILES string of the molecule is CC(C)(C)c1ccc(B2c3cc(-c4ccc(C(=O)O)cc4)ccc3N3c4ccc(-c5ccc(C(=O)O)cc5)cc4B(c4ccc(C(C)(C)C)cc4)c4cccc2c43)cc1. The first-order valence-corrected chi connectivity index (χ1v) is 20.3. The van der Waals surface area contributed by atoms with Crippen LogP contribution in [0.4, 0.5) is 17.1 Å². The van der Waals surface area contributed by atoms with Gasteiger partial charge in [0, 0.05) is 17.1 Å². The van der Waals surface area contributed by atoms with Crippen LogP contribution < -0.4 is 37.7 Å². The lowest BCUT2D eigenvalue weighted by Gasteiger charge is -2.44. The number of nitrogens with zero attached hydrogens (tertiary/aromatic N) is 1. The lowest BCUT2D eigenvalue weighted by Crippen LogP contribution is -2.65. The van der Waals surface area contributed by atoms with Crippen LogP contribution in [0, 0.1) is 0 Å². The van der Waals surface area contributed by atoms with E-state index in [0.717, 1.165) is 33.6 Å². The minimum absolute atomic E-state index is 0.0115. The first-order valence-electron chi connectivity index (χ1n) is 20.3. The maximum absolute atomic E-state index is 11.7. The molecule has 2 aliphatic heterocycles. The van der Waals surface area contributed by atoms with Crippen LogP contribution in [0.15, 0.2) is 152 Å². The monoisotopic (exact) mass is 769 g/mol. The van der Waals surface area contributed by atoms with Crippen molar-refractivity contribution >= 4 is 75.2 Å². The van der Waals surface area contributed by atoms with Gasteiger partial charge in [-0.3, -0.25) is 0 Å². The van der Waals surface area contributed by atoms with Crippen molar-refractivity contribution in [1.82, 2.24) is 0 Å². The van der Waals surface area contributed by atoms with Crippen molar-refractivity contribution in [2.75, 3.05) is 4.90 Å². The normalized spacial score (nSPS) is 13.1. The highest BCUT2D eigenvalue weighted by Crippen LogP contribution is 2.40. The fourth-order valence-electron chi connectivity index (χ4n) is 9.03. The number of carboxylic acids is 2. The van der Waals surface area contributed by atoms with Crippen molar-refractivity contribution < 1.29 is 19.8 Å². The number of aromatic carboxylic acids is 2. The minimum Gasteiger partial charge on any atom is -0.478 e. The van der Waals surface area contributed by atoms with E-state index < -0.39 is 11.9 Å². The second-order valence-electron chi connectivity index (χ2n) is 18.0. The van der Waals surface area contributed by atoms with Crippen LogP contribution in [-0.4, -0.2) is 35.6 Å². The van der Waals surface area contributed by atoms with Gasteiger partial charge in [0.25, 0.3) is 0 Å². The Morgan fingerprint density at radius 1 is 0.441 bits per heavy atom. The number of hydrogen-bond acceptors (Lipinski definition) is 3. The lowest BCUT2D eigenvalue weighted by molar-refractivity contribution is 0.0686. The second kappa shape index (κ2) is 14.1. The van der Waals surface area contributed by atoms with Crippen LogP contribution in [0.3, 0.4) is 0 Å². The molecule has 288 valence electrons. The molecule has 0 saturated heterocycles.